The fourth-order valence-corrected chi connectivity index (χ4v) is 2.13. The highest BCUT2D eigenvalue weighted by Crippen LogP contribution is 2.41. The van der Waals surface area contributed by atoms with E-state index in [4.69, 9.17) is 14.7 Å². The number of esters is 1. The van der Waals surface area contributed by atoms with E-state index < -0.39 is 33.7 Å². The molecule has 1 rings (SSSR count). The minimum absolute atomic E-state index is 0.0158. The maximum absolute atomic E-state index is 12.5. The normalized spacial score (nSPS) is 10.8. The largest absolute Gasteiger partial charge is 0.495 e. The van der Waals surface area contributed by atoms with Crippen molar-refractivity contribution in [3.05, 3.63) is 23.3 Å². The van der Waals surface area contributed by atoms with Crippen molar-refractivity contribution in [2.75, 3.05) is 13.7 Å². The standard InChI is InChI=1S/C12H10F3NO3S/c1-3-19-11(17)10-7(6-16)8(18-2)4-5-9(10)20-12(13,14)15/h4-5H,3H2,1-2H3. The molecule has 0 amide bonds. The predicted molar refractivity (Wildman–Crippen MR) is 65.6 cm³/mol. The van der Waals surface area contributed by atoms with Crippen molar-refractivity contribution in [1.82, 2.24) is 0 Å². The lowest BCUT2D eigenvalue weighted by molar-refractivity contribution is -0.0328. The minimum Gasteiger partial charge on any atom is -0.495 e. The molecule has 0 saturated carbocycles. The van der Waals surface area contributed by atoms with Gasteiger partial charge in [-0.15, -0.1) is 0 Å². The Kier molecular flexibility index (Phi) is 5.27. The molecule has 0 aliphatic rings. The number of halogens is 3. The maximum Gasteiger partial charge on any atom is 0.446 e. The van der Waals surface area contributed by atoms with Crippen molar-refractivity contribution < 1.29 is 27.4 Å². The Bertz CT molecular complexity index is 552. The first-order chi connectivity index (χ1) is 9.34. The third-order valence-corrected chi connectivity index (χ3v) is 2.96. The van der Waals surface area contributed by atoms with E-state index in [9.17, 15) is 18.0 Å². The van der Waals surface area contributed by atoms with Gasteiger partial charge in [0.2, 0.25) is 0 Å². The van der Waals surface area contributed by atoms with Gasteiger partial charge in [-0.3, -0.25) is 0 Å². The summed E-state index contributed by atoms with van der Waals surface area (Å²) in [7, 11) is 1.25. The Morgan fingerprint density at radius 3 is 2.55 bits per heavy atom. The van der Waals surface area contributed by atoms with Gasteiger partial charge in [-0.25, -0.2) is 4.79 Å². The van der Waals surface area contributed by atoms with Crippen molar-refractivity contribution in [2.45, 2.75) is 17.3 Å². The van der Waals surface area contributed by atoms with E-state index in [0.717, 1.165) is 6.07 Å². The summed E-state index contributed by atoms with van der Waals surface area (Å²) in [6, 6.07) is 3.95. The van der Waals surface area contributed by atoms with E-state index in [1.807, 2.05) is 0 Å². The Hall–Kier alpha value is -1.88. The summed E-state index contributed by atoms with van der Waals surface area (Å²) >= 11 is -0.477. The topological polar surface area (TPSA) is 59.3 Å². The summed E-state index contributed by atoms with van der Waals surface area (Å²) in [5.74, 6) is -0.975. The highest BCUT2D eigenvalue weighted by atomic mass is 32.2. The van der Waals surface area contributed by atoms with Crippen molar-refractivity contribution in [3.63, 3.8) is 0 Å². The van der Waals surface area contributed by atoms with E-state index in [-0.39, 0.29) is 17.9 Å². The molecule has 0 spiro atoms. The number of alkyl halides is 3. The summed E-state index contributed by atoms with van der Waals surface area (Å²) < 4.78 is 47.0. The van der Waals surface area contributed by atoms with Gasteiger partial charge in [-0.1, -0.05) is 0 Å². The molecule has 20 heavy (non-hydrogen) atoms. The number of ether oxygens (including phenoxy) is 2. The zero-order valence-corrected chi connectivity index (χ0v) is 11.4. The molecular weight excluding hydrogens is 295 g/mol. The number of hydrogen-bond donors (Lipinski definition) is 0. The molecule has 0 aromatic heterocycles. The lowest BCUT2D eigenvalue weighted by atomic mass is 10.1. The second-order valence-electron chi connectivity index (χ2n) is 3.40. The van der Waals surface area contributed by atoms with Crippen LogP contribution < -0.4 is 4.74 Å². The van der Waals surface area contributed by atoms with Crippen LogP contribution in [0.3, 0.4) is 0 Å². The van der Waals surface area contributed by atoms with Crippen LogP contribution in [-0.4, -0.2) is 25.2 Å². The van der Waals surface area contributed by atoms with Crippen molar-refractivity contribution in [2.24, 2.45) is 0 Å². The molecular formula is C12H10F3NO3S. The molecule has 0 atom stereocenters. The van der Waals surface area contributed by atoms with Crippen LogP contribution >= 0.6 is 11.8 Å². The number of benzene rings is 1. The molecule has 0 saturated heterocycles. The third-order valence-electron chi connectivity index (χ3n) is 2.17. The van der Waals surface area contributed by atoms with Crippen molar-refractivity contribution >= 4 is 17.7 Å². The second kappa shape index (κ2) is 6.52. The Morgan fingerprint density at radius 2 is 2.10 bits per heavy atom. The molecule has 0 aliphatic carbocycles. The third kappa shape index (κ3) is 3.81. The SMILES string of the molecule is CCOC(=O)c1c(SC(F)(F)F)ccc(OC)c1C#N. The van der Waals surface area contributed by atoms with E-state index in [0.29, 0.717) is 0 Å². The average Bonchev–Trinajstić information content (AvgIpc) is 2.36. The second-order valence-corrected chi connectivity index (χ2v) is 4.50. The van der Waals surface area contributed by atoms with Crippen LogP contribution in [0.2, 0.25) is 0 Å². The molecule has 0 bridgehead atoms. The molecule has 108 valence electrons. The maximum atomic E-state index is 12.5. The molecule has 8 heteroatoms. The smallest absolute Gasteiger partial charge is 0.446 e. The number of carbonyl (C=O) groups excluding carboxylic acids is 1. The minimum atomic E-state index is -4.58. The number of hydrogen-bond acceptors (Lipinski definition) is 5. The van der Waals surface area contributed by atoms with E-state index in [1.54, 1.807) is 6.07 Å². The summed E-state index contributed by atoms with van der Waals surface area (Å²) in [4.78, 5) is 11.4. The van der Waals surface area contributed by atoms with Gasteiger partial charge in [0, 0.05) is 4.90 Å². The number of methoxy groups -OCH3 is 1. The van der Waals surface area contributed by atoms with Gasteiger partial charge >= 0.3 is 11.5 Å². The summed E-state index contributed by atoms with van der Waals surface area (Å²) in [5, 5.41) is 9.04. The fraction of sp³-hybridized carbons (Fsp3) is 0.333. The highest BCUT2D eigenvalue weighted by Gasteiger charge is 2.33. The number of nitriles is 1. The monoisotopic (exact) mass is 305 g/mol. The first kappa shape index (κ1) is 16.2. The van der Waals surface area contributed by atoms with Crippen LogP contribution in [-0.2, 0) is 4.74 Å². The molecule has 0 fully saturated rings. The summed E-state index contributed by atoms with van der Waals surface area (Å²) in [6.45, 7) is 1.50. The zero-order chi connectivity index (χ0) is 15.3. The van der Waals surface area contributed by atoms with Crippen molar-refractivity contribution in [3.8, 4) is 11.8 Å². The molecule has 4 nitrogen and oxygen atoms in total. The quantitative estimate of drug-likeness (QED) is 0.630. The summed E-state index contributed by atoms with van der Waals surface area (Å²) in [6.07, 6.45) is 0. The van der Waals surface area contributed by atoms with Gasteiger partial charge < -0.3 is 9.47 Å². The lowest BCUT2D eigenvalue weighted by Gasteiger charge is -2.13. The Labute approximate surface area is 117 Å². The molecule has 0 N–H and O–H groups in total. The van der Waals surface area contributed by atoms with Gasteiger partial charge in [0.05, 0.1) is 19.3 Å². The predicted octanol–water partition coefficient (Wildman–Crippen LogP) is 3.36. The van der Waals surface area contributed by atoms with Gasteiger partial charge in [0.25, 0.3) is 0 Å². The van der Waals surface area contributed by atoms with Gasteiger partial charge in [-0.2, -0.15) is 18.4 Å². The van der Waals surface area contributed by atoms with Crippen LogP contribution in [0, 0.1) is 11.3 Å². The number of carbonyl (C=O) groups is 1. The van der Waals surface area contributed by atoms with Crippen LogP contribution in [0.5, 0.6) is 5.75 Å². The first-order valence-corrected chi connectivity index (χ1v) is 6.19. The van der Waals surface area contributed by atoms with Crippen LogP contribution in [0.15, 0.2) is 17.0 Å². The van der Waals surface area contributed by atoms with Crippen molar-refractivity contribution in [1.29, 1.82) is 5.26 Å². The Morgan fingerprint density at radius 1 is 1.45 bits per heavy atom. The molecule has 1 aromatic carbocycles. The fourth-order valence-electron chi connectivity index (χ4n) is 1.46. The molecule has 1 aromatic rings. The Balaban J connectivity index is 3.45. The molecule has 0 aliphatic heterocycles. The molecule has 0 unspecified atom stereocenters. The van der Waals surface area contributed by atoms with Crippen LogP contribution in [0.25, 0.3) is 0 Å². The van der Waals surface area contributed by atoms with E-state index >= 15 is 0 Å². The highest BCUT2D eigenvalue weighted by molar-refractivity contribution is 8.00. The van der Waals surface area contributed by atoms with E-state index in [2.05, 4.69) is 0 Å². The first-order valence-electron chi connectivity index (χ1n) is 5.38. The molecule has 0 radical (unpaired) electrons. The van der Waals surface area contributed by atoms with Gasteiger partial charge in [0.1, 0.15) is 17.4 Å². The lowest BCUT2D eigenvalue weighted by Crippen LogP contribution is -2.11. The number of nitrogens with zero attached hydrogens (tertiary/aromatic N) is 1. The van der Waals surface area contributed by atoms with Gasteiger partial charge in [-0.05, 0) is 30.8 Å². The van der Waals surface area contributed by atoms with Crippen LogP contribution in [0.4, 0.5) is 13.2 Å². The van der Waals surface area contributed by atoms with Gasteiger partial charge in [0.15, 0.2) is 0 Å². The summed E-state index contributed by atoms with van der Waals surface area (Å²) in [5.41, 5.74) is -5.29. The molecule has 0 heterocycles. The van der Waals surface area contributed by atoms with E-state index in [1.165, 1.54) is 20.1 Å². The number of rotatable bonds is 4. The van der Waals surface area contributed by atoms with Crippen LogP contribution in [0.1, 0.15) is 22.8 Å². The average molecular weight is 305 g/mol. The zero-order valence-electron chi connectivity index (χ0n) is 10.6. The number of thioether (sulfide) groups is 1.